The molecule has 6 heteroatoms. The first-order valence-corrected chi connectivity index (χ1v) is 8.08. The summed E-state index contributed by atoms with van der Waals surface area (Å²) in [6, 6.07) is 5.02. The molecule has 0 heterocycles. The zero-order chi connectivity index (χ0) is 14.5. The van der Waals surface area contributed by atoms with Gasteiger partial charge in [-0.25, -0.2) is 13.1 Å². The van der Waals surface area contributed by atoms with Crippen molar-refractivity contribution in [2.24, 2.45) is 0 Å². The van der Waals surface area contributed by atoms with Gasteiger partial charge < -0.3 is 11.1 Å². The lowest BCUT2D eigenvalue weighted by Gasteiger charge is -2.18. The molecule has 0 aromatic heterocycles. The van der Waals surface area contributed by atoms with Gasteiger partial charge in [0.25, 0.3) is 0 Å². The lowest BCUT2D eigenvalue weighted by Crippen LogP contribution is -2.24. The summed E-state index contributed by atoms with van der Waals surface area (Å²) in [6.07, 6.45) is 1.92. The van der Waals surface area contributed by atoms with Crippen molar-refractivity contribution in [3.05, 3.63) is 18.2 Å². The first-order chi connectivity index (χ1) is 8.94. The molecule has 0 aliphatic carbocycles. The Morgan fingerprint density at radius 3 is 2.37 bits per heavy atom. The lowest BCUT2D eigenvalue weighted by atomic mass is 10.1. The fraction of sp³-hybridized carbons (Fsp3) is 0.538. The summed E-state index contributed by atoms with van der Waals surface area (Å²) >= 11 is 0. The molecule has 1 aromatic carbocycles. The van der Waals surface area contributed by atoms with E-state index in [9.17, 15) is 8.42 Å². The van der Waals surface area contributed by atoms with Gasteiger partial charge in [0.05, 0.1) is 16.3 Å². The van der Waals surface area contributed by atoms with E-state index in [2.05, 4.69) is 23.9 Å². The number of benzene rings is 1. The molecule has 0 fully saturated rings. The van der Waals surface area contributed by atoms with Crippen molar-refractivity contribution in [2.45, 2.75) is 44.6 Å². The number of hydrogen-bond acceptors (Lipinski definition) is 4. The summed E-state index contributed by atoms with van der Waals surface area (Å²) in [4.78, 5) is 0.233. The number of sulfonamides is 1. The Morgan fingerprint density at radius 1 is 1.21 bits per heavy atom. The zero-order valence-corrected chi connectivity index (χ0v) is 12.5. The van der Waals surface area contributed by atoms with Gasteiger partial charge in [-0.3, -0.25) is 0 Å². The molecule has 0 saturated heterocycles. The van der Waals surface area contributed by atoms with Gasteiger partial charge in [-0.05, 0) is 31.0 Å². The van der Waals surface area contributed by atoms with Crippen LogP contribution >= 0.6 is 0 Å². The fourth-order valence-electron chi connectivity index (χ4n) is 1.81. The molecule has 0 amide bonds. The van der Waals surface area contributed by atoms with Crippen molar-refractivity contribution < 1.29 is 8.42 Å². The van der Waals surface area contributed by atoms with E-state index >= 15 is 0 Å². The molecule has 108 valence electrons. The lowest BCUT2D eigenvalue weighted by molar-refractivity contribution is 0.584. The van der Waals surface area contributed by atoms with Gasteiger partial charge in [0, 0.05) is 12.6 Å². The average molecular weight is 285 g/mol. The predicted molar refractivity (Wildman–Crippen MR) is 79.7 cm³/mol. The van der Waals surface area contributed by atoms with Crippen molar-refractivity contribution in [2.75, 3.05) is 17.6 Å². The van der Waals surface area contributed by atoms with Crippen molar-refractivity contribution in [3.8, 4) is 0 Å². The minimum absolute atomic E-state index is 0.233. The first-order valence-electron chi connectivity index (χ1n) is 6.60. The smallest absolute Gasteiger partial charge is 0.240 e. The van der Waals surface area contributed by atoms with Crippen molar-refractivity contribution in [3.63, 3.8) is 0 Å². The topological polar surface area (TPSA) is 84.2 Å². The summed E-state index contributed by atoms with van der Waals surface area (Å²) in [6.45, 7) is 6.27. The van der Waals surface area contributed by atoms with E-state index in [1.165, 1.54) is 6.07 Å². The third kappa shape index (κ3) is 4.11. The van der Waals surface area contributed by atoms with E-state index in [-0.39, 0.29) is 4.90 Å². The Labute approximate surface area is 115 Å². The maximum Gasteiger partial charge on any atom is 0.240 e. The van der Waals surface area contributed by atoms with Gasteiger partial charge in [0.15, 0.2) is 0 Å². The SMILES string of the molecule is CCNS(=O)(=O)c1ccc(N)c(NC(CC)CC)c1. The third-order valence-electron chi connectivity index (χ3n) is 3.01. The highest BCUT2D eigenvalue weighted by Crippen LogP contribution is 2.24. The third-order valence-corrected chi connectivity index (χ3v) is 4.56. The number of nitrogens with one attached hydrogen (secondary N) is 2. The molecule has 0 atom stereocenters. The Bertz CT molecular complexity index is 511. The average Bonchev–Trinajstić information content (AvgIpc) is 2.37. The molecule has 1 aromatic rings. The number of nitrogen functional groups attached to an aromatic ring is 1. The van der Waals surface area contributed by atoms with Gasteiger partial charge in [0.2, 0.25) is 10.0 Å². The number of rotatable bonds is 7. The van der Waals surface area contributed by atoms with Crippen LogP contribution in [-0.2, 0) is 10.0 Å². The molecule has 1 rings (SSSR count). The van der Waals surface area contributed by atoms with Crippen LogP contribution in [0, 0.1) is 0 Å². The molecule has 0 bridgehead atoms. The molecule has 0 saturated carbocycles. The van der Waals surface area contributed by atoms with Crippen LogP contribution in [0.4, 0.5) is 11.4 Å². The monoisotopic (exact) mass is 285 g/mol. The van der Waals surface area contributed by atoms with Crippen LogP contribution in [0.15, 0.2) is 23.1 Å². The highest BCUT2D eigenvalue weighted by Gasteiger charge is 2.15. The zero-order valence-electron chi connectivity index (χ0n) is 11.7. The maximum absolute atomic E-state index is 11.9. The van der Waals surface area contributed by atoms with Gasteiger partial charge in [-0.15, -0.1) is 0 Å². The normalized spacial score (nSPS) is 11.8. The van der Waals surface area contributed by atoms with Crippen LogP contribution in [0.1, 0.15) is 33.6 Å². The molecular formula is C13H23N3O2S. The molecule has 19 heavy (non-hydrogen) atoms. The molecule has 5 nitrogen and oxygen atoms in total. The van der Waals surface area contributed by atoms with Crippen LogP contribution in [-0.4, -0.2) is 21.0 Å². The van der Waals surface area contributed by atoms with E-state index in [0.29, 0.717) is 24.0 Å². The van der Waals surface area contributed by atoms with Crippen LogP contribution < -0.4 is 15.8 Å². The molecule has 0 aliphatic heterocycles. The van der Waals surface area contributed by atoms with Crippen molar-refractivity contribution in [1.82, 2.24) is 4.72 Å². The van der Waals surface area contributed by atoms with Crippen LogP contribution in [0.2, 0.25) is 0 Å². The van der Waals surface area contributed by atoms with Crippen LogP contribution in [0.5, 0.6) is 0 Å². The minimum Gasteiger partial charge on any atom is -0.397 e. The second-order valence-corrected chi connectivity index (χ2v) is 6.18. The van der Waals surface area contributed by atoms with Crippen LogP contribution in [0.3, 0.4) is 0 Å². The molecule has 0 radical (unpaired) electrons. The van der Waals surface area contributed by atoms with Gasteiger partial charge >= 0.3 is 0 Å². The summed E-state index contributed by atoms with van der Waals surface area (Å²) in [5.41, 5.74) is 7.12. The Morgan fingerprint density at radius 2 is 1.84 bits per heavy atom. The fourth-order valence-corrected chi connectivity index (χ4v) is 2.88. The Hall–Kier alpha value is -1.27. The highest BCUT2D eigenvalue weighted by molar-refractivity contribution is 7.89. The largest absolute Gasteiger partial charge is 0.397 e. The van der Waals surface area contributed by atoms with E-state index < -0.39 is 10.0 Å². The molecular weight excluding hydrogens is 262 g/mol. The van der Waals surface area contributed by atoms with Crippen LogP contribution in [0.25, 0.3) is 0 Å². The molecule has 0 spiro atoms. The van der Waals surface area contributed by atoms with Gasteiger partial charge in [-0.2, -0.15) is 0 Å². The van der Waals surface area contributed by atoms with Gasteiger partial charge in [-0.1, -0.05) is 20.8 Å². The van der Waals surface area contributed by atoms with E-state index in [1.54, 1.807) is 19.1 Å². The van der Waals surface area contributed by atoms with E-state index in [0.717, 1.165) is 12.8 Å². The van der Waals surface area contributed by atoms with E-state index in [4.69, 9.17) is 5.73 Å². The Kier molecular flexibility index (Phi) is 5.62. The standard InChI is InChI=1S/C13H23N3O2S/c1-4-10(5-2)16-13-9-11(7-8-12(13)14)19(17,18)15-6-3/h7-10,15-16H,4-6,14H2,1-3H3. The molecule has 0 aliphatic rings. The number of hydrogen-bond donors (Lipinski definition) is 3. The van der Waals surface area contributed by atoms with Gasteiger partial charge in [0.1, 0.15) is 0 Å². The molecule has 0 unspecified atom stereocenters. The number of anilines is 2. The second-order valence-electron chi connectivity index (χ2n) is 4.41. The van der Waals surface area contributed by atoms with Crippen molar-refractivity contribution >= 4 is 21.4 Å². The summed E-state index contributed by atoms with van der Waals surface area (Å²) in [5.74, 6) is 0. The summed E-state index contributed by atoms with van der Waals surface area (Å²) < 4.78 is 26.4. The quantitative estimate of drug-likeness (QED) is 0.670. The van der Waals surface area contributed by atoms with Crippen molar-refractivity contribution in [1.29, 1.82) is 0 Å². The predicted octanol–water partition coefficient (Wildman–Crippen LogP) is 2.17. The highest BCUT2D eigenvalue weighted by atomic mass is 32.2. The maximum atomic E-state index is 11.9. The minimum atomic E-state index is -3.44. The summed E-state index contributed by atoms with van der Waals surface area (Å²) in [5, 5.41) is 3.28. The summed E-state index contributed by atoms with van der Waals surface area (Å²) in [7, 11) is -3.44. The molecule has 4 N–H and O–H groups in total. The Balaban J connectivity index is 3.07. The van der Waals surface area contributed by atoms with E-state index in [1.807, 2.05) is 0 Å². The first kappa shape index (κ1) is 15.8. The second kappa shape index (κ2) is 6.77. The number of nitrogens with two attached hydrogens (primary N) is 1.